The Bertz CT molecular complexity index is 1680. The molecule has 1 N–H and O–H groups in total. The lowest BCUT2D eigenvalue weighted by Crippen LogP contribution is -2.48. The third kappa shape index (κ3) is 5.28. The molecule has 42 heavy (non-hydrogen) atoms. The zero-order valence-electron chi connectivity index (χ0n) is 22.8. The summed E-state index contributed by atoms with van der Waals surface area (Å²) >= 11 is 12.8. The molecule has 220 valence electrons. The molecule has 0 bridgehead atoms. The summed E-state index contributed by atoms with van der Waals surface area (Å²) in [6, 6.07) is 2.93. The first kappa shape index (κ1) is 28.3. The molecule has 0 aliphatic carbocycles. The van der Waals surface area contributed by atoms with E-state index in [9.17, 15) is 9.18 Å². The van der Waals surface area contributed by atoms with Gasteiger partial charge in [-0.15, -0.1) is 0 Å². The third-order valence-corrected chi connectivity index (χ3v) is 7.90. The van der Waals surface area contributed by atoms with E-state index in [2.05, 4.69) is 26.7 Å². The number of likely N-dealkylation sites (N-methyl/N-ethyl adjacent to an activating group) is 1. The van der Waals surface area contributed by atoms with Crippen LogP contribution in [0.15, 0.2) is 31.0 Å². The average Bonchev–Trinajstić information content (AvgIpc) is 3.64. The molecule has 2 atom stereocenters. The van der Waals surface area contributed by atoms with E-state index < -0.39 is 5.82 Å². The fourth-order valence-corrected chi connectivity index (χ4v) is 5.50. The van der Waals surface area contributed by atoms with Crippen molar-refractivity contribution in [3.63, 3.8) is 0 Å². The highest BCUT2D eigenvalue weighted by molar-refractivity contribution is 6.33. The highest BCUT2D eigenvalue weighted by Crippen LogP contribution is 2.41. The molecule has 0 radical (unpaired) electrons. The number of piperazine rings is 1. The summed E-state index contributed by atoms with van der Waals surface area (Å²) in [4.78, 5) is 31.8. The molecule has 2 aliphatic heterocycles. The van der Waals surface area contributed by atoms with Gasteiger partial charge in [0.05, 0.1) is 41.7 Å². The molecule has 0 saturated carbocycles. The molecule has 1 aromatic carbocycles. The Morgan fingerprint density at radius 3 is 2.69 bits per heavy atom. The summed E-state index contributed by atoms with van der Waals surface area (Å²) in [6.07, 6.45) is 2.44. The van der Waals surface area contributed by atoms with E-state index in [0.29, 0.717) is 61.5 Å². The van der Waals surface area contributed by atoms with Gasteiger partial charge in [-0.2, -0.15) is 20.1 Å². The molecule has 2 aliphatic rings. The van der Waals surface area contributed by atoms with Crippen molar-refractivity contribution in [3.8, 4) is 17.6 Å². The number of aromatic nitrogens is 5. The van der Waals surface area contributed by atoms with Crippen molar-refractivity contribution in [3.05, 3.63) is 47.0 Å². The first-order chi connectivity index (χ1) is 20.2. The summed E-state index contributed by atoms with van der Waals surface area (Å²) in [5.74, 6) is -0.325. The first-order valence-corrected chi connectivity index (χ1v) is 13.9. The lowest BCUT2D eigenvalue weighted by Gasteiger charge is -2.35. The number of H-pyrrole nitrogens is 1. The number of aromatic amines is 1. The Morgan fingerprint density at radius 1 is 1.17 bits per heavy atom. The highest BCUT2D eigenvalue weighted by atomic mass is 35.5. The molecule has 2 fully saturated rings. The number of nitrogens with one attached hydrogen (secondary N) is 1. The molecule has 15 heteroatoms. The van der Waals surface area contributed by atoms with Crippen molar-refractivity contribution in [2.24, 2.45) is 0 Å². The summed E-state index contributed by atoms with van der Waals surface area (Å²) in [7, 11) is 3.90. The summed E-state index contributed by atoms with van der Waals surface area (Å²) < 4.78 is 32.8. The minimum absolute atomic E-state index is 0.00697. The number of halogens is 3. The van der Waals surface area contributed by atoms with Crippen LogP contribution in [0.4, 0.5) is 10.2 Å². The fourth-order valence-electron chi connectivity index (χ4n) is 5.12. The fraction of sp³-hybridized carbons (Fsp3) is 0.370. The number of carbonyl (C=O) groups is 1. The van der Waals surface area contributed by atoms with E-state index in [1.165, 1.54) is 18.3 Å². The maximum Gasteiger partial charge on any atom is 0.319 e. The Labute approximate surface area is 250 Å². The van der Waals surface area contributed by atoms with Crippen LogP contribution in [-0.4, -0.2) is 106 Å². The summed E-state index contributed by atoms with van der Waals surface area (Å²) in [5, 5.41) is 7.53. The summed E-state index contributed by atoms with van der Waals surface area (Å²) in [6.45, 7) is 6.35. The smallest absolute Gasteiger partial charge is 0.319 e. The second-order valence-corrected chi connectivity index (χ2v) is 10.9. The van der Waals surface area contributed by atoms with Gasteiger partial charge in [-0.25, -0.2) is 4.39 Å². The molecule has 0 spiro atoms. The normalized spacial score (nSPS) is 19.2. The van der Waals surface area contributed by atoms with Crippen LogP contribution in [-0.2, 0) is 9.53 Å². The van der Waals surface area contributed by atoms with E-state index in [1.54, 1.807) is 11.0 Å². The number of hydrogen-bond donors (Lipinski definition) is 1. The number of nitrogens with zero attached hydrogens (tertiary/aromatic N) is 7. The Kier molecular flexibility index (Phi) is 7.75. The summed E-state index contributed by atoms with van der Waals surface area (Å²) in [5.41, 5.74) is 0.668. The van der Waals surface area contributed by atoms with Gasteiger partial charge in [0.1, 0.15) is 33.4 Å². The first-order valence-electron chi connectivity index (χ1n) is 13.2. The molecule has 1 unspecified atom stereocenters. The van der Waals surface area contributed by atoms with Crippen molar-refractivity contribution in [2.75, 3.05) is 58.4 Å². The number of rotatable bonds is 7. The second-order valence-electron chi connectivity index (χ2n) is 10.2. The van der Waals surface area contributed by atoms with Crippen molar-refractivity contribution in [2.45, 2.75) is 12.1 Å². The molecular formula is C27H27Cl2FN8O4. The van der Waals surface area contributed by atoms with Crippen LogP contribution in [0, 0.1) is 5.82 Å². The Morgan fingerprint density at radius 2 is 1.95 bits per heavy atom. The largest absolute Gasteiger partial charge is 0.456 e. The van der Waals surface area contributed by atoms with Gasteiger partial charge in [-0.3, -0.25) is 9.89 Å². The number of amides is 1. The number of ether oxygens (including phenoxy) is 3. The molecule has 4 aromatic rings. The predicted octanol–water partition coefficient (Wildman–Crippen LogP) is 3.68. The minimum Gasteiger partial charge on any atom is -0.456 e. The lowest BCUT2D eigenvalue weighted by molar-refractivity contribution is -0.126. The predicted molar refractivity (Wildman–Crippen MR) is 155 cm³/mol. The van der Waals surface area contributed by atoms with Crippen LogP contribution < -0.4 is 14.4 Å². The van der Waals surface area contributed by atoms with E-state index >= 15 is 0 Å². The van der Waals surface area contributed by atoms with Gasteiger partial charge in [0.25, 0.3) is 0 Å². The molecule has 3 aromatic heterocycles. The van der Waals surface area contributed by atoms with Crippen LogP contribution >= 0.6 is 23.2 Å². The average molecular weight is 617 g/mol. The maximum absolute atomic E-state index is 14.7. The van der Waals surface area contributed by atoms with Crippen LogP contribution in [0.3, 0.4) is 0 Å². The molecular weight excluding hydrogens is 590 g/mol. The van der Waals surface area contributed by atoms with Gasteiger partial charge < -0.3 is 28.9 Å². The van der Waals surface area contributed by atoms with Crippen LogP contribution in [0.25, 0.3) is 21.8 Å². The zero-order valence-corrected chi connectivity index (χ0v) is 24.3. The van der Waals surface area contributed by atoms with Gasteiger partial charge >= 0.3 is 6.01 Å². The molecule has 12 nitrogen and oxygen atoms in total. The number of pyridine rings is 1. The van der Waals surface area contributed by atoms with Gasteiger partial charge in [0.15, 0.2) is 5.75 Å². The number of hydrogen-bond acceptors (Lipinski definition) is 10. The van der Waals surface area contributed by atoms with Gasteiger partial charge in [0.2, 0.25) is 11.8 Å². The van der Waals surface area contributed by atoms with Crippen LogP contribution in [0.2, 0.25) is 10.2 Å². The Hall–Kier alpha value is -3.78. The SMILES string of the molecule is C=CC(=O)N1CCN(c2nc(O[C@@H]3COCC3N(C)C)nc3c(Oc4c(Cl)c(F)cc5[nH]ncc45)nc(Cl)cc23)CC1. The monoisotopic (exact) mass is 616 g/mol. The van der Waals surface area contributed by atoms with E-state index in [0.717, 1.165) is 0 Å². The Balaban J connectivity index is 1.46. The zero-order chi connectivity index (χ0) is 29.5. The van der Waals surface area contributed by atoms with E-state index in [-0.39, 0.29) is 51.4 Å². The van der Waals surface area contributed by atoms with Crippen molar-refractivity contribution < 1.29 is 23.4 Å². The number of benzene rings is 1. The van der Waals surface area contributed by atoms with Crippen molar-refractivity contribution >= 4 is 56.7 Å². The standard InChI is InChI=1S/C27H27Cl2FN8O4/c1-4-21(39)37-5-7-38(8-6-37)25-14-9-20(28)32-26(42-24-15-11-31-35-17(15)10-16(30)22(24)29)23(14)33-27(34-25)41-19-13-40-12-18(19)36(2)3/h4,9-11,18-19H,1,5-8,12-13H2,2-3H3,(H,31,35)/t18?,19-/m1/s1. The molecule has 6 rings (SSSR count). The van der Waals surface area contributed by atoms with Crippen LogP contribution in [0.5, 0.6) is 17.6 Å². The quantitative estimate of drug-likeness (QED) is 0.243. The minimum atomic E-state index is -0.697. The molecule has 1 amide bonds. The number of anilines is 1. The van der Waals surface area contributed by atoms with Gasteiger partial charge in [-0.05, 0) is 26.2 Å². The molecule has 5 heterocycles. The number of fused-ring (bicyclic) bond motifs is 2. The van der Waals surface area contributed by atoms with Gasteiger partial charge in [-0.1, -0.05) is 29.8 Å². The third-order valence-electron chi connectivity index (χ3n) is 7.36. The van der Waals surface area contributed by atoms with Gasteiger partial charge in [0, 0.05) is 32.2 Å². The second kappa shape index (κ2) is 11.5. The van der Waals surface area contributed by atoms with Crippen LogP contribution in [0.1, 0.15) is 0 Å². The van der Waals surface area contributed by atoms with Crippen molar-refractivity contribution in [1.29, 1.82) is 0 Å². The van der Waals surface area contributed by atoms with Crippen molar-refractivity contribution in [1.82, 2.24) is 34.9 Å². The highest BCUT2D eigenvalue weighted by Gasteiger charge is 2.33. The topological polar surface area (TPSA) is 122 Å². The van der Waals surface area contributed by atoms with E-state index in [4.69, 9.17) is 42.4 Å². The molecule has 2 saturated heterocycles. The van der Waals surface area contributed by atoms with E-state index in [1.807, 2.05) is 23.9 Å². The maximum atomic E-state index is 14.7. The lowest BCUT2D eigenvalue weighted by atomic mass is 10.2. The number of carbonyl (C=O) groups excluding carboxylic acids is 1.